The zero-order valence-electron chi connectivity index (χ0n) is 17.1. The molecule has 0 atom stereocenters. The van der Waals surface area contributed by atoms with E-state index in [2.05, 4.69) is 5.32 Å². The third-order valence-electron chi connectivity index (χ3n) is 5.08. The molecule has 8 nitrogen and oxygen atoms in total. The second-order valence-corrected chi connectivity index (χ2v) is 9.10. The van der Waals surface area contributed by atoms with Crippen molar-refractivity contribution in [3.05, 3.63) is 90.0 Å². The van der Waals surface area contributed by atoms with Gasteiger partial charge in [-0.15, -0.1) is 0 Å². The number of sulfonamides is 1. The molecular formula is C23H19N3O5S. The number of carbonyl (C=O) groups excluding carboxylic acids is 3. The Labute approximate surface area is 185 Å². The molecule has 1 N–H and O–H groups in total. The highest BCUT2D eigenvalue weighted by Crippen LogP contribution is 2.25. The van der Waals surface area contributed by atoms with Gasteiger partial charge < -0.3 is 5.32 Å². The second kappa shape index (κ2) is 8.27. The van der Waals surface area contributed by atoms with Crippen molar-refractivity contribution in [3.63, 3.8) is 0 Å². The van der Waals surface area contributed by atoms with Crippen LogP contribution >= 0.6 is 0 Å². The first-order valence-corrected chi connectivity index (χ1v) is 11.1. The minimum atomic E-state index is -3.86. The number of imide groups is 1. The number of rotatable bonds is 6. The highest BCUT2D eigenvalue weighted by atomic mass is 32.2. The Morgan fingerprint density at radius 3 is 2.09 bits per heavy atom. The van der Waals surface area contributed by atoms with E-state index in [-0.39, 0.29) is 21.7 Å². The van der Waals surface area contributed by atoms with Crippen molar-refractivity contribution in [3.8, 4) is 0 Å². The van der Waals surface area contributed by atoms with Crippen LogP contribution in [0.1, 0.15) is 20.7 Å². The summed E-state index contributed by atoms with van der Waals surface area (Å²) in [5.41, 5.74) is 1.23. The molecule has 0 unspecified atom stereocenters. The Kier molecular flexibility index (Phi) is 5.50. The summed E-state index contributed by atoms with van der Waals surface area (Å²) in [6.07, 6.45) is 0. The summed E-state index contributed by atoms with van der Waals surface area (Å²) >= 11 is 0. The van der Waals surface area contributed by atoms with E-state index in [0.717, 1.165) is 9.21 Å². The average molecular weight is 449 g/mol. The Morgan fingerprint density at radius 2 is 1.47 bits per heavy atom. The minimum Gasteiger partial charge on any atom is -0.324 e. The molecule has 0 bridgehead atoms. The van der Waals surface area contributed by atoms with Crippen molar-refractivity contribution in [2.24, 2.45) is 0 Å². The highest BCUT2D eigenvalue weighted by Gasteiger charge is 2.36. The van der Waals surface area contributed by atoms with Gasteiger partial charge in [-0.05, 0) is 42.5 Å². The lowest BCUT2D eigenvalue weighted by Crippen LogP contribution is -2.37. The van der Waals surface area contributed by atoms with Gasteiger partial charge in [0.2, 0.25) is 5.91 Å². The molecule has 3 amide bonds. The molecule has 0 aliphatic carbocycles. The normalized spacial score (nSPS) is 13.1. The molecule has 0 spiro atoms. The number of fused-ring (bicyclic) bond motifs is 1. The van der Waals surface area contributed by atoms with E-state index in [1.54, 1.807) is 42.5 Å². The molecule has 3 aromatic rings. The van der Waals surface area contributed by atoms with Crippen molar-refractivity contribution in [1.29, 1.82) is 0 Å². The third-order valence-corrected chi connectivity index (χ3v) is 6.86. The predicted octanol–water partition coefficient (Wildman–Crippen LogP) is 2.75. The maximum Gasteiger partial charge on any atom is 0.264 e. The predicted molar refractivity (Wildman–Crippen MR) is 119 cm³/mol. The summed E-state index contributed by atoms with van der Waals surface area (Å²) in [4.78, 5) is 38.2. The van der Waals surface area contributed by atoms with Crippen molar-refractivity contribution >= 4 is 39.1 Å². The molecule has 0 aromatic heterocycles. The molecule has 0 fully saturated rings. The summed E-state index contributed by atoms with van der Waals surface area (Å²) in [7, 11) is -2.42. The Bertz CT molecular complexity index is 1290. The third kappa shape index (κ3) is 3.85. The van der Waals surface area contributed by atoms with Crippen LogP contribution < -0.4 is 9.62 Å². The molecule has 1 aliphatic heterocycles. The van der Waals surface area contributed by atoms with Crippen LogP contribution in [0.2, 0.25) is 0 Å². The molecule has 1 heterocycles. The standard InChI is InChI=1S/C23H19N3O5S/c1-25(17-9-3-2-4-10-17)32(30,31)18-11-7-8-16(14-18)24-21(27)15-26-22(28)19-12-5-6-13-20(19)23(26)29/h2-14H,15H2,1H3,(H,24,27). The van der Waals surface area contributed by atoms with Crippen LogP contribution in [0.4, 0.5) is 11.4 Å². The van der Waals surface area contributed by atoms with E-state index in [9.17, 15) is 22.8 Å². The van der Waals surface area contributed by atoms with Gasteiger partial charge in [0.25, 0.3) is 21.8 Å². The second-order valence-electron chi connectivity index (χ2n) is 7.13. The minimum absolute atomic E-state index is 0.0117. The monoisotopic (exact) mass is 449 g/mol. The molecule has 1 aliphatic rings. The Morgan fingerprint density at radius 1 is 0.875 bits per heavy atom. The van der Waals surface area contributed by atoms with E-state index in [1.807, 2.05) is 0 Å². The fourth-order valence-electron chi connectivity index (χ4n) is 3.40. The van der Waals surface area contributed by atoms with Crippen molar-refractivity contribution in [1.82, 2.24) is 4.90 Å². The van der Waals surface area contributed by atoms with E-state index in [1.165, 1.54) is 43.4 Å². The molecule has 0 saturated carbocycles. The number of hydrogen-bond donors (Lipinski definition) is 1. The van der Waals surface area contributed by atoms with E-state index in [0.29, 0.717) is 5.69 Å². The van der Waals surface area contributed by atoms with Crippen molar-refractivity contribution in [2.75, 3.05) is 23.2 Å². The first-order chi connectivity index (χ1) is 15.3. The molecule has 0 radical (unpaired) electrons. The number of para-hydroxylation sites is 1. The highest BCUT2D eigenvalue weighted by molar-refractivity contribution is 7.92. The number of nitrogens with one attached hydrogen (secondary N) is 1. The topological polar surface area (TPSA) is 104 Å². The first-order valence-electron chi connectivity index (χ1n) is 9.68. The van der Waals surface area contributed by atoms with Crippen molar-refractivity contribution < 1.29 is 22.8 Å². The van der Waals surface area contributed by atoms with E-state index < -0.39 is 34.3 Å². The van der Waals surface area contributed by atoms with Gasteiger partial charge in [0.15, 0.2) is 0 Å². The SMILES string of the molecule is CN(c1ccccc1)S(=O)(=O)c1cccc(NC(=O)CN2C(=O)c3ccccc3C2=O)c1. The molecule has 4 rings (SSSR count). The number of anilines is 2. The molecule has 162 valence electrons. The van der Waals surface area contributed by atoms with E-state index >= 15 is 0 Å². The van der Waals surface area contributed by atoms with E-state index in [4.69, 9.17) is 0 Å². The zero-order chi connectivity index (χ0) is 22.9. The van der Waals surface area contributed by atoms with Crippen LogP contribution in [0.15, 0.2) is 83.8 Å². The number of carbonyl (C=O) groups is 3. The van der Waals surface area contributed by atoms with Gasteiger partial charge in [-0.25, -0.2) is 8.42 Å². The van der Waals surface area contributed by atoms with Gasteiger partial charge in [0.05, 0.1) is 21.7 Å². The van der Waals surface area contributed by atoms with Gasteiger partial charge in [0, 0.05) is 12.7 Å². The smallest absolute Gasteiger partial charge is 0.264 e. The number of hydrogen-bond acceptors (Lipinski definition) is 5. The van der Waals surface area contributed by atoms with Gasteiger partial charge in [0.1, 0.15) is 6.54 Å². The number of nitrogens with zero attached hydrogens (tertiary/aromatic N) is 2. The lowest BCUT2D eigenvalue weighted by Gasteiger charge is -2.20. The Hall–Kier alpha value is -3.98. The summed E-state index contributed by atoms with van der Waals surface area (Å²) in [6, 6.07) is 20.7. The number of benzene rings is 3. The first kappa shape index (κ1) is 21.3. The summed E-state index contributed by atoms with van der Waals surface area (Å²) < 4.78 is 27.1. The Balaban J connectivity index is 1.49. The fourth-order valence-corrected chi connectivity index (χ4v) is 4.64. The van der Waals surface area contributed by atoms with Gasteiger partial charge >= 0.3 is 0 Å². The van der Waals surface area contributed by atoms with Crippen LogP contribution in [-0.4, -0.2) is 44.6 Å². The van der Waals surface area contributed by atoms with Gasteiger partial charge in [-0.1, -0.05) is 36.4 Å². The largest absolute Gasteiger partial charge is 0.324 e. The lowest BCUT2D eigenvalue weighted by molar-refractivity contribution is -0.116. The summed E-state index contributed by atoms with van der Waals surface area (Å²) in [6.45, 7) is -0.479. The molecular weight excluding hydrogens is 430 g/mol. The van der Waals surface area contributed by atoms with Crippen molar-refractivity contribution in [2.45, 2.75) is 4.90 Å². The van der Waals surface area contributed by atoms with Crippen LogP contribution in [0.3, 0.4) is 0 Å². The lowest BCUT2D eigenvalue weighted by atomic mass is 10.1. The van der Waals surface area contributed by atoms with Gasteiger partial charge in [-0.2, -0.15) is 0 Å². The summed E-state index contributed by atoms with van der Waals surface area (Å²) in [5, 5.41) is 2.56. The maximum atomic E-state index is 13.0. The molecule has 9 heteroatoms. The van der Waals surface area contributed by atoms with Crippen LogP contribution in [0, 0.1) is 0 Å². The van der Waals surface area contributed by atoms with Crippen LogP contribution in [0.25, 0.3) is 0 Å². The fraction of sp³-hybridized carbons (Fsp3) is 0.0870. The van der Waals surface area contributed by atoms with Crippen LogP contribution in [0.5, 0.6) is 0 Å². The summed E-state index contributed by atoms with van der Waals surface area (Å²) in [5.74, 6) is -1.70. The van der Waals surface area contributed by atoms with Gasteiger partial charge in [-0.3, -0.25) is 23.6 Å². The van der Waals surface area contributed by atoms with Crippen LogP contribution in [-0.2, 0) is 14.8 Å². The quantitative estimate of drug-likeness (QED) is 0.583. The zero-order valence-corrected chi connectivity index (χ0v) is 17.9. The number of amides is 3. The average Bonchev–Trinajstić information content (AvgIpc) is 3.04. The molecule has 3 aromatic carbocycles. The maximum absolute atomic E-state index is 13.0. The molecule has 32 heavy (non-hydrogen) atoms. The molecule has 0 saturated heterocycles.